The number of nitrogens with one attached hydrogen (secondary N) is 1. The number of piperazine rings is 1. The van der Waals surface area contributed by atoms with Gasteiger partial charge in [-0.1, -0.05) is 42.5 Å². The lowest BCUT2D eigenvalue weighted by Crippen LogP contribution is -2.53. The maximum Gasteiger partial charge on any atom is 0.322 e. The van der Waals surface area contributed by atoms with Crippen molar-refractivity contribution >= 4 is 5.97 Å². The summed E-state index contributed by atoms with van der Waals surface area (Å²) in [5.74, 6) is -0.765. The third-order valence-corrected chi connectivity index (χ3v) is 4.82. The van der Waals surface area contributed by atoms with Crippen LogP contribution in [0.1, 0.15) is 16.7 Å². The summed E-state index contributed by atoms with van der Waals surface area (Å²) in [6.07, 6.45) is 0.999. The maximum absolute atomic E-state index is 11.1. The fraction of sp³-hybridized carbons (Fsp3) is 0.316. The van der Waals surface area contributed by atoms with Crippen LogP contribution < -0.4 is 5.32 Å². The molecule has 4 rings (SSSR count). The molecule has 4 heteroatoms. The Kier molecular flexibility index (Phi) is 3.63. The van der Waals surface area contributed by atoms with Crippen LogP contribution in [-0.4, -0.2) is 41.7 Å². The van der Waals surface area contributed by atoms with Crippen LogP contribution in [0, 0.1) is 0 Å². The van der Waals surface area contributed by atoms with E-state index < -0.39 is 12.0 Å². The van der Waals surface area contributed by atoms with Gasteiger partial charge in [-0.15, -0.1) is 0 Å². The van der Waals surface area contributed by atoms with E-state index in [0.29, 0.717) is 6.54 Å². The fourth-order valence-corrected chi connectivity index (χ4v) is 3.67. The van der Waals surface area contributed by atoms with Gasteiger partial charge in [0.1, 0.15) is 6.04 Å². The Labute approximate surface area is 135 Å². The molecule has 1 aliphatic heterocycles. The highest BCUT2D eigenvalue weighted by Gasteiger charge is 2.25. The second-order valence-corrected chi connectivity index (χ2v) is 6.41. The molecule has 2 aliphatic rings. The third-order valence-electron chi connectivity index (χ3n) is 4.82. The topological polar surface area (TPSA) is 52.6 Å². The second kappa shape index (κ2) is 5.80. The molecule has 1 aliphatic carbocycles. The van der Waals surface area contributed by atoms with E-state index in [1.807, 2.05) is 0 Å². The SMILES string of the molecule is O=C(O)[C@@H]1CN(Cc2ccc3c(c2)Cc2ccccc2-3)CCN1. The first-order valence-corrected chi connectivity index (χ1v) is 8.09. The van der Waals surface area contributed by atoms with E-state index in [1.165, 1.54) is 27.8 Å². The average molecular weight is 308 g/mol. The van der Waals surface area contributed by atoms with Crippen molar-refractivity contribution in [1.29, 1.82) is 0 Å². The van der Waals surface area contributed by atoms with Crippen molar-refractivity contribution in [1.82, 2.24) is 10.2 Å². The van der Waals surface area contributed by atoms with Gasteiger partial charge in [0.05, 0.1) is 0 Å². The molecule has 2 aromatic carbocycles. The summed E-state index contributed by atoms with van der Waals surface area (Å²) in [7, 11) is 0. The number of carbonyl (C=O) groups is 1. The number of fused-ring (bicyclic) bond motifs is 3. The lowest BCUT2D eigenvalue weighted by molar-refractivity contribution is -0.140. The molecule has 23 heavy (non-hydrogen) atoms. The van der Waals surface area contributed by atoms with Gasteiger partial charge in [-0.2, -0.15) is 0 Å². The van der Waals surface area contributed by atoms with Crippen molar-refractivity contribution in [2.75, 3.05) is 19.6 Å². The second-order valence-electron chi connectivity index (χ2n) is 6.41. The molecule has 0 bridgehead atoms. The molecule has 2 N–H and O–H groups in total. The minimum Gasteiger partial charge on any atom is -0.480 e. The highest BCUT2D eigenvalue weighted by Crippen LogP contribution is 2.36. The van der Waals surface area contributed by atoms with Gasteiger partial charge < -0.3 is 10.4 Å². The standard InChI is InChI=1S/C19H20N2O2/c22-19(23)18-12-21(8-7-20-18)11-13-5-6-17-15(9-13)10-14-3-1-2-4-16(14)17/h1-6,9,18,20H,7-8,10-12H2,(H,22,23)/t18-/m0/s1. The number of benzene rings is 2. The van der Waals surface area contributed by atoms with E-state index in [0.717, 1.165) is 26.1 Å². The van der Waals surface area contributed by atoms with E-state index in [2.05, 4.69) is 52.7 Å². The van der Waals surface area contributed by atoms with E-state index in [4.69, 9.17) is 5.11 Å². The Morgan fingerprint density at radius 1 is 1.17 bits per heavy atom. The van der Waals surface area contributed by atoms with Crippen molar-refractivity contribution in [3.05, 3.63) is 59.2 Å². The molecule has 0 saturated carbocycles. The number of aliphatic carboxylic acids is 1. The molecule has 1 saturated heterocycles. The molecule has 0 spiro atoms. The van der Waals surface area contributed by atoms with Crippen molar-refractivity contribution in [2.45, 2.75) is 19.0 Å². The molecular weight excluding hydrogens is 288 g/mol. The van der Waals surface area contributed by atoms with Gasteiger partial charge in [0, 0.05) is 26.2 Å². The Hall–Kier alpha value is -2.17. The molecule has 2 aromatic rings. The van der Waals surface area contributed by atoms with Crippen LogP contribution in [0.4, 0.5) is 0 Å². The highest BCUT2D eigenvalue weighted by molar-refractivity contribution is 5.77. The summed E-state index contributed by atoms with van der Waals surface area (Å²) in [5, 5.41) is 12.2. The third kappa shape index (κ3) is 2.76. The fourth-order valence-electron chi connectivity index (χ4n) is 3.67. The van der Waals surface area contributed by atoms with Gasteiger partial charge in [-0.05, 0) is 34.2 Å². The number of hydrogen-bond acceptors (Lipinski definition) is 3. The minimum atomic E-state index is -0.765. The molecule has 0 radical (unpaired) electrons. The predicted octanol–water partition coefficient (Wildman–Crippen LogP) is 2.12. The number of carboxylic acid groups (broad SMARTS) is 1. The Balaban J connectivity index is 1.51. The summed E-state index contributed by atoms with van der Waals surface area (Å²) >= 11 is 0. The van der Waals surface area contributed by atoms with Crippen molar-refractivity contribution in [3.63, 3.8) is 0 Å². The number of nitrogens with zero attached hydrogens (tertiary/aromatic N) is 1. The summed E-state index contributed by atoms with van der Waals surface area (Å²) < 4.78 is 0. The molecule has 1 atom stereocenters. The van der Waals surface area contributed by atoms with Crippen molar-refractivity contribution in [2.24, 2.45) is 0 Å². The molecule has 0 unspecified atom stereocenters. The molecule has 0 aromatic heterocycles. The molecular formula is C19H20N2O2. The van der Waals surface area contributed by atoms with Crippen LogP contribution in [0.2, 0.25) is 0 Å². The number of carboxylic acids is 1. The van der Waals surface area contributed by atoms with Crippen molar-refractivity contribution < 1.29 is 9.90 Å². The summed E-state index contributed by atoms with van der Waals surface area (Å²) in [6.45, 7) is 3.00. The monoisotopic (exact) mass is 308 g/mol. The molecule has 1 heterocycles. The van der Waals surface area contributed by atoms with E-state index >= 15 is 0 Å². The smallest absolute Gasteiger partial charge is 0.322 e. The van der Waals surface area contributed by atoms with Gasteiger partial charge >= 0.3 is 5.97 Å². The van der Waals surface area contributed by atoms with Crippen LogP contribution in [0.15, 0.2) is 42.5 Å². The molecule has 1 fully saturated rings. The molecule has 0 amide bonds. The largest absolute Gasteiger partial charge is 0.480 e. The summed E-state index contributed by atoms with van der Waals surface area (Å²) in [5.41, 5.74) is 6.74. The molecule has 118 valence electrons. The zero-order valence-corrected chi connectivity index (χ0v) is 13.0. The Morgan fingerprint density at radius 3 is 2.87 bits per heavy atom. The highest BCUT2D eigenvalue weighted by atomic mass is 16.4. The zero-order chi connectivity index (χ0) is 15.8. The first-order valence-electron chi connectivity index (χ1n) is 8.09. The van der Waals surface area contributed by atoms with Gasteiger partial charge in [-0.25, -0.2) is 0 Å². The number of hydrogen-bond donors (Lipinski definition) is 2. The minimum absolute atomic E-state index is 0.456. The summed E-state index contributed by atoms with van der Waals surface area (Å²) in [6, 6.07) is 14.8. The zero-order valence-electron chi connectivity index (χ0n) is 13.0. The van der Waals surface area contributed by atoms with E-state index in [-0.39, 0.29) is 0 Å². The number of rotatable bonds is 3. The first kappa shape index (κ1) is 14.4. The lowest BCUT2D eigenvalue weighted by atomic mass is 10.0. The average Bonchev–Trinajstić information content (AvgIpc) is 2.92. The van der Waals surface area contributed by atoms with E-state index in [1.54, 1.807) is 0 Å². The van der Waals surface area contributed by atoms with Gasteiger partial charge in [-0.3, -0.25) is 9.69 Å². The van der Waals surface area contributed by atoms with Gasteiger partial charge in [0.25, 0.3) is 0 Å². The maximum atomic E-state index is 11.1. The molecule has 4 nitrogen and oxygen atoms in total. The van der Waals surface area contributed by atoms with Crippen LogP contribution in [0.25, 0.3) is 11.1 Å². The van der Waals surface area contributed by atoms with Gasteiger partial charge in [0.2, 0.25) is 0 Å². The van der Waals surface area contributed by atoms with Crippen LogP contribution in [0.3, 0.4) is 0 Å². The Bertz CT molecular complexity index is 757. The van der Waals surface area contributed by atoms with Crippen LogP contribution in [-0.2, 0) is 17.8 Å². The van der Waals surface area contributed by atoms with Gasteiger partial charge in [0.15, 0.2) is 0 Å². The van der Waals surface area contributed by atoms with Crippen LogP contribution >= 0.6 is 0 Å². The van der Waals surface area contributed by atoms with Crippen LogP contribution in [0.5, 0.6) is 0 Å². The summed E-state index contributed by atoms with van der Waals surface area (Å²) in [4.78, 5) is 13.4. The Morgan fingerprint density at radius 2 is 2.00 bits per heavy atom. The van der Waals surface area contributed by atoms with Crippen molar-refractivity contribution in [3.8, 4) is 11.1 Å². The quantitative estimate of drug-likeness (QED) is 0.778. The predicted molar refractivity (Wildman–Crippen MR) is 89.4 cm³/mol. The first-order chi connectivity index (χ1) is 11.2. The van der Waals surface area contributed by atoms with E-state index in [9.17, 15) is 4.79 Å². The normalized spacial score (nSPS) is 20.1. The lowest BCUT2D eigenvalue weighted by Gasteiger charge is -2.31.